The molecule has 1 aromatic carbocycles. The van der Waals surface area contributed by atoms with Crippen LogP contribution in [-0.4, -0.2) is 55.3 Å². The van der Waals surface area contributed by atoms with Crippen LogP contribution in [0.1, 0.15) is 43.1 Å². The van der Waals surface area contributed by atoms with Crippen LogP contribution in [0.25, 0.3) is 10.9 Å². The van der Waals surface area contributed by atoms with Gasteiger partial charge in [-0.15, -0.1) is 0 Å². The van der Waals surface area contributed by atoms with E-state index in [-0.39, 0.29) is 23.0 Å². The largest absolute Gasteiger partial charge is 0.452 e. The molecule has 1 saturated carbocycles. The highest BCUT2D eigenvalue weighted by Crippen LogP contribution is 2.38. The van der Waals surface area contributed by atoms with Crippen LogP contribution in [0.2, 0.25) is 0 Å². The molecule has 2 aliphatic rings. The molecule has 4 rings (SSSR count). The smallest absolute Gasteiger partial charge is 0.344 e. The zero-order valence-corrected chi connectivity index (χ0v) is 17.7. The van der Waals surface area contributed by atoms with Crippen molar-refractivity contribution in [2.75, 3.05) is 37.7 Å². The van der Waals surface area contributed by atoms with Crippen molar-refractivity contribution in [3.8, 4) is 0 Å². The lowest BCUT2D eigenvalue weighted by atomic mass is 10.1. The van der Waals surface area contributed by atoms with Crippen molar-refractivity contribution in [2.45, 2.75) is 38.8 Å². The van der Waals surface area contributed by atoms with Gasteiger partial charge in [-0.2, -0.15) is 0 Å². The third-order valence-corrected chi connectivity index (χ3v) is 5.50. The van der Waals surface area contributed by atoms with Gasteiger partial charge in [0.2, 0.25) is 5.43 Å². The molecule has 0 bridgehead atoms. The summed E-state index contributed by atoms with van der Waals surface area (Å²) in [6.07, 6.45) is 3.33. The van der Waals surface area contributed by atoms with Crippen LogP contribution in [-0.2, 0) is 9.53 Å². The summed E-state index contributed by atoms with van der Waals surface area (Å²) in [6.45, 7) is 6.00. The molecule has 8 nitrogen and oxygen atoms in total. The lowest BCUT2D eigenvalue weighted by Crippen LogP contribution is -2.43. The van der Waals surface area contributed by atoms with Crippen molar-refractivity contribution in [3.63, 3.8) is 0 Å². The maximum absolute atomic E-state index is 15.0. The summed E-state index contributed by atoms with van der Waals surface area (Å²) in [5.41, 5.74) is 0.290. The molecule has 0 spiro atoms. The number of ether oxygens (including phenoxy) is 1. The highest BCUT2D eigenvalue weighted by Gasteiger charge is 2.28. The normalized spacial score (nSPS) is 16.6. The van der Waals surface area contributed by atoms with E-state index in [1.54, 1.807) is 19.9 Å². The number of hydrogen-bond donors (Lipinski definition) is 2. The van der Waals surface area contributed by atoms with Crippen LogP contribution in [0, 0.1) is 5.82 Å². The number of nitrogens with zero attached hydrogens (tertiary/aromatic N) is 2. The maximum Gasteiger partial charge on any atom is 0.344 e. The summed E-state index contributed by atoms with van der Waals surface area (Å²) >= 11 is 0. The van der Waals surface area contributed by atoms with Crippen molar-refractivity contribution < 1.29 is 18.7 Å². The number of halogens is 1. The van der Waals surface area contributed by atoms with Gasteiger partial charge in [0.1, 0.15) is 11.4 Å². The van der Waals surface area contributed by atoms with Gasteiger partial charge in [0.15, 0.2) is 6.61 Å². The Labute approximate surface area is 179 Å². The molecular formula is C22H27FN4O4. The Morgan fingerprint density at radius 1 is 1.26 bits per heavy atom. The van der Waals surface area contributed by atoms with Crippen molar-refractivity contribution >= 4 is 28.5 Å². The number of carbonyl (C=O) groups excluding carboxylic acids is 2. The van der Waals surface area contributed by atoms with E-state index >= 15 is 0 Å². The van der Waals surface area contributed by atoms with Gasteiger partial charge in [0, 0.05) is 49.8 Å². The van der Waals surface area contributed by atoms with E-state index in [2.05, 4.69) is 10.6 Å². The van der Waals surface area contributed by atoms with Gasteiger partial charge in [-0.25, -0.2) is 9.18 Å². The number of aromatic nitrogens is 1. The zero-order chi connectivity index (χ0) is 22.1. The fourth-order valence-electron chi connectivity index (χ4n) is 3.88. The molecule has 9 heteroatoms. The molecule has 1 amide bonds. The van der Waals surface area contributed by atoms with Gasteiger partial charge in [-0.1, -0.05) is 0 Å². The highest BCUT2D eigenvalue weighted by molar-refractivity contribution is 5.95. The number of amides is 1. The number of esters is 1. The SMILES string of the molecule is CC(C)NC(=O)COC(=O)c1cn(C2CC2)c2cc(N3CCNCC3)c(F)cc2c1=O. The summed E-state index contributed by atoms with van der Waals surface area (Å²) in [5, 5.41) is 6.00. The zero-order valence-electron chi connectivity index (χ0n) is 17.7. The van der Waals surface area contributed by atoms with Crippen LogP contribution in [0.5, 0.6) is 0 Å². The number of carbonyl (C=O) groups is 2. The summed E-state index contributed by atoms with van der Waals surface area (Å²) in [6, 6.07) is 2.99. The standard InChI is InChI=1S/C22H27FN4O4/c1-13(2)25-20(28)12-31-22(30)16-11-27(14-3-4-14)18-10-19(26-7-5-24-6-8-26)17(23)9-15(18)21(16)29/h9-11,13-14,24H,3-8,12H2,1-2H3,(H,25,28). The lowest BCUT2D eigenvalue weighted by molar-refractivity contribution is -0.124. The second-order valence-electron chi connectivity index (χ2n) is 8.37. The molecule has 0 radical (unpaired) electrons. The second kappa shape index (κ2) is 8.66. The lowest BCUT2D eigenvalue weighted by Gasteiger charge is -2.30. The highest BCUT2D eigenvalue weighted by atomic mass is 19.1. The van der Waals surface area contributed by atoms with Crippen molar-refractivity contribution in [1.82, 2.24) is 15.2 Å². The Balaban J connectivity index is 1.70. The number of benzene rings is 1. The van der Waals surface area contributed by atoms with Gasteiger partial charge in [-0.05, 0) is 38.8 Å². The van der Waals surface area contributed by atoms with Gasteiger partial charge < -0.3 is 24.8 Å². The predicted octanol–water partition coefficient (Wildman–Crippen LogP) is 1.57. The molecule has 0 unspecified atom stereocenters. The van der Waals surface area contributed by atoms with Gasteiger partial charge >= 0.3 is 5.97 Å². The Hall–Kier alpha value is -2.94. The summed E-state index contributed by atoms with van der Waals surface area (Å²) in [4.78, 5) is 39.3. The molecule has 31 heavy (non-hydrogen) atoms. The molecular weight excluding hydrogens is 403 g/mol. The number of piperazine rings is 1. The van der Waals surface area contributed by atoms with E-state index in [4.69, 9.17) is 4.74 Å². The number of nitrogens with one attached hydrogen (secondary N) is 2. The minimum Gasteiger partial charge on any atom is -0.452 e. The van der Waals surface area contributed by atoms with E-state index < -0.39 is 29.7 Å². The molecule has 2 aromatic rings. The minimum absolute atomic E-state index is 0.0909. The Morgan fingerprint density at radius 3 is 2.61 bits per heavy atom. The second-order valence-corrected chi connectivity index (χ2v) is 8.37. The van der Waals surface area contributed by atoms with Crippen molar-refractivity contribution in [2.24, 2.45) is 0 Å². The van der Waals surface area contributed by atoms with Gasteiger partial charge in [0.05, 0.1) is 11.2 Å². The average Bonchev–Trinajstić information content (AvgIpc) is 3.58. The topological polar surface area (TPSA) is 92.7 Å². The first-order valence-corrected chi connectivity index (χ1v) is 10.7. The molecule has 2 N–H and O–H groups in total. The van der Waals surface area contributed by atoms with Crippen molar-refractivity contribution in [1.29, 1.82) is 0 Å². The van der Waals surface area contributed by atoms with Crippen LogP contribution in [0.3, 0.4) is 0 Å². The molecule has 2 heterocycles. The molecule has 166 valence electrons. The summed E-state index contributed by atoms with van der Waals surface area (Å²) in [5.74, 6) is -1.82. The molecule has 1 aliphatic heterocycles. The van der Waals surface area contributed by atoms with E-state index in [1.807, 2.05) is 9.47 Å². The van der Waals surface area contributed by atoms with Gasteiger partial charge in [0.25, 0.3) is 5.91 Å². The van der Waals surface area contributed by atoms with Crippen LogP contribution in [0.15, 0.2) is 23.1 Å². The Kier molecular flexibility index (Phi) is 5.95. The Morgan fingerprint density at radius 2 is 1.97 bits per heavy atom. The van der Waals surface area contributed by atoms with E-state index in [0.717, 1.165) is 25.9 Å². The fourth-order valence-corrected chi connectivity index (χ4v) is 3.88. The number of pyridine rings is 1. The number of rotatable bonds is 6. The maximum atomic E-state index is 15.0. The van der Waals surface area contributed by atoms with E-state index in [9.17, 15) is 18.8 Å². The minimum atomic E-state index is -0.883. The monoisotopic (exact) mass is 430 g/mol. The van der Waals surface area contributed by atoms with Crippen molar-refractivity contribution in [3.05, 3.63) is 39.9 Å². The molecule has 2 fully saturated rings. The number of hydrogen-bond acceptors (Lipinski definition) is 6. The third-order valence-electron chi connectivity index (χ3n) is 5.50. The Bertz CT molecular complexity index is 1070. The third kappa shape index (κ3) is 4.56. The number of fused-ring (bicyclic) bond motifs is 1. The van der Waals surface area contributed by atoms with Gasteiger partial charge in [-0.3, -0.25) is 9.59 Å². The van der Waals surface area contributed by atoms with E-state index in [1.165, 1.54) is 12.3 Å². The molecule has 1 aromatic heterocycles. The fraction of sp³-hybridized carbons (Fsp3) is 0.500. The summed E-state index contributed by atoms with van der Waals surface area (Å²) < 4.78 is 21.9. The van der Waals surface area contributed by atoms with Crippen LogP contribution in [0.4, 0.5) is 10.1 Å². The molecule has 1 aliphatic carbocycles. The number of anilines is 1. The van der Waals surface area contributed by atoms with E-state index in [0.29, 0.717) is 24.3 Å². The first kappa shape index (κ1) is 21.3. The van der Waals surface area contributed by atoms with Crippen LogP contribution < -0.4 is 21.0 Å². The average molecular weight is 430 g/mol. The molecule has 0 atom stereocenters. The molecule has 1 saturated heterocycles. The van der Waals surface area contributed by atoms with Crippen LogP contribution >= 0.6 is 0 Å². The quantitative estimate of drug-likeness (QED) is 0.676. The summed E-state index contributed by atoms with van der Waals surface area (Å²) in [7, 11) is 0. The predicted molar refractivity (Wildman–Crippen MR) is 115 cm³/mol. The first-order chi connectivity index (χ1) is 14.8. The first-order valence-electron chi connectivity index (χ1n) is 10.7.